The van der Waals surface area contributed by atoms with E-state index in [1.807, 2.05) is 57.2 Å². The quantitative estimate of drug-likeness (QED) is 0.315. The van der Waals surface area contributed by atoms with E-state index < -0.39 is 6.09 Å². The predicted molar refractivity (Wildman–Crippen MR) is 159 cm³/mol. The van der Waals surface area contributed by atoms with Gasteiger partial charge in [-0.05, 0) is 86.7 Å². The van der Waals surface area contributed by atoms with Crippen molar-refractivity contribution in [2.75, 3.05) is 13.1 Å². The summed E-state index contributed by atoms with van der Waals surface area (Å²) in [7, 11) is 0. The van der Waals surface area contributed by atoms with Crippen molar-refractivity contribution in [1.29, 1.82) is 0 Å². The Morgan fingerprint density at radius 2 is 1.49 bits per heavy atom. The molecule has 1 aromatic heterocycles. The van der Waals surface area contributed by atoms with Gasteiger partial charge in [-0.2, -0.15) is 0 Å². The molecule has 8 heteroatoms. The number of piperidine rings is 1. The number of benzene rings is 2. The Balaban J connectivity index is 1.21. The third kappa shape index (κ3) is 9.23. The molecule has 2 heterocycles. The number of hydrogen-bond donors (Lipinski definition) is 1. The average molecular weight is 560 g/mol. The third-order valence-electron chi connectivity index (χ3n) is 6.68. The maximum atomic E-state index is 12.7. The van der Waals surface area contributed by atoms with E-state index in [2.05, 4.69) is 31.1 Å². The van der Waals surface area contributed by atoms with Crippen molar-refractivity contribution in [3.05, 3.63) is 78.0 Å². The minimum atomic E-state index is -0.404. The van der Waals surface area contributed by atoms with Gasteiger partial charge in [0, 0.05) is 49.3 Å². The lowest BCUT2D eigenvalue weighted by Gasteiger charge is -2.33. The highest BCUT2D eigenvalue weighted by Gasteiger charge is 2.28. The first-order chi connectivity index (χ1) is 19.3. The molecule has 1 fully saturated rings. The molecule has 1 aliphatic heterocycles. The fourth-order valence-corrected chi connectivity index (χ4v) is 5.16. The number of nitrogens with one attached hydrogen (secondary N) is 1. The van der Waals surface area contributed by atoms with Crippen LogP contribution in [0.4, 0.5) is 4.79 Å². The number of carbonyl (C=O) groups excluding carboxylic acids is 2. The van der Waals surface area contributed by atoms with Crippen molar-refractivity contribution in [2.45, 2.75) is 72.4 Å². The summed E-state index contributed by atoms with van der Waals surface area (Å²) in [6, 6.07) is 17.9. The van der Waals surface area contributed by atoms with E-state index in [9.17, 15) is 9.59 Å². The van der Waals surface area contributed by atoms with Gasteiger partial charge in [0.25, 0.3) is 5.91 Å². The molecule has 2 amide bonds. The lowest BCUT2D eigenvalue weighted by molar-refractivity contribution is 0.0891. The first-order valence-electron chi connectivity index (χ1n) is 14.1. The Hall–Kier alpha value is -4.07. The second-order valence-corrected chi connectivity index (χ2v) is 12.5. The summed E-state index contributed by atoms with van der Waals surface area (Å²) in [6.07, 6.45) is 3.61. The van der Waals surface area contributed by atoms with Crippen LogP contribution in [-0.2, 0) is 0 Å². The van der Waals surface area contributed by atoms with Gasteiger partial charge >= 0.3 is 6.09 Å². The molecule has 0 spiro atoms. The van der Waals surface area contributed by atoms with Gasteiger partial charge in [-0.3, -0.25) is 4.79 Å². The number of nitrogens with zero attached hydrogens (tertiary/aromatic N) is 2. The van der Waals surface area contributed by atoms with Crippen LogP contribution >= 0.6 is 0 Å². The van der Waals surface area contributed by atoms with Crippen LogP contribution < -0.4 is 19.5 Å². The lowest BCUT2D eigenvalue weighted by atomic mass is 9.81. The molecule has 0 bridgehead atoms. The average Bonchev–Trinajstić information content (AvgIpc) is 2.90. The SMILES string of the molecule is Cc1ccc(Oc2ccc(OC3CCN(C(=O)Oc4ccc(C(=O)NC(C)(C)CC(C)(C)C)cc4)CC3)cc2)nc1. The van der Waals surface area contributed by atoms with Crippen LogP contribution in [0.5, 0.6) is 23.1 Å². The molecule has 0 radical (unpaired) electrons. The van der Waals surface area contributed by atoms with Gasteiger partial charge in [-0.25, -0.2) is 9.78 Å². The summed E-state index contributed by atoms with van der Waals surface area (Å²) in [5, 5.41) is 3.10. The zero-order valence-electron chi connectivity index (χ0n) is 24.9. The lowest BCUT2D eigenvalue weighted by Crippen LogP contribution is -2.45. The Kier molecular flexibility index (Phi) is 9.21. The van der Waals surface area contributed by atoms with Gasteiger partial charge in [0.2, 0.25) is 5.88 Å². The number of carbonyl (C=O) groups is 2. The van der Waals surface area contributed by atoms with Crippen molar-refractivity contribution in [3.63, 3.8) is 0 Å². The summed E-state index contributed by atoms with van der Waals surface area (Å²) in [6.45, 7) is 13.6. The number of aromatic nitrogens is 1. The standard InChI is InChI=1S/C33H41N3O5/c1-23-7-16-29(34-21-23)40-26-14-12-25(13-15-26)39-28-17-19-36(20-18-28)31(38)41-27-10-8-24(9-11-27)30(37)35-33(5,6)22-32(2,3)4/h7-16,21,28H,17-20,22H2,1-6H3,(H,35,37). The van der Waals surface area contributed by atoms with E-state index in [0.717, 1.165) is 17.7 Å². The van der Waals surface area contributed by atoms with Crippen LogP contribution in [0.25, 0.3) is 0 Å². The van der Waals surface area contributed by atoms with E-state index >= 15 is 0 Å². The van der Waals surface area contributed by atoms with Crippen molar-refractivity contribution in [2.24, 2.45) is 5.41 Å². The first kappa shape index (κ1) is 29.9. The molecule has 8 nitrogen and oxygen atoms in total. The molecule has 0 atom stereocenters. The van der Waals surface area contributed by atoms with Crippen molar-refractivity contribution in [3.8, 4) is 23.1 Å². The summed E-state index contributed by atoms with van der Waals surface area (Å²) in [5.74, 6) is 2.23. The van der Waals surface area contributed by atoms with Gasteiger partial charge in [0.05, 0.1) is 0 Å². The molecule has 0 saturated carbocycles. The van der Waals surface area contributed by atoms with Crippen LogP contribution in [0, 0.1) is 12.3 Å². The summed E-state index contributed by atoms with van der Waals surface area (Å²) in [5.41, 5.74) is 1.35. The number of likely N-dealkylation sites (tertiary alicyclic amines) is 1. The topological polar surface area (TPSA) is 90.0 Å². The van der Waals surface area contributed by atoms with Crippen LogP contribution in [-0.4, -0.2) is 46.6 Å². The van der Waals surface area contributed by atoms with Gasteiger partial charge < -0.3 is 24.4 Å². The van der Waals surface area contributed by atoms with Gasteiger partial charge in [-0.1, -0.05) is 26.8 Å². The highest BCUT2D eigenvalue weighted by atomic mass is 16.6. The zero-order chi connectivity index (χ0) is 29.6. The summed E-state index contributed by atoms with van der Waals surface area (Å²) < 4.78 is 17.5. The Bertz CT molecular complexity index is 1300. The first-order valence-corrected chi connectivity index (χ1v) is 14.1. The second-order valence-electron chi connectivity index (χ2n) is 12.5. The monoisotopic (exact) mass is 559 g/mol. The number of hydrogen-bond acceptors (Lipinski definition) is 6. The van der Waals surface area contributed by atoms with Crippen LogP contribution in [0.2, 0.25) is 0 Å². The molecule has 0 unspecified atom stereocenters. The fourth-order valence-electron chi connectivity index (χ4n) is 5.16. The smallest absolute Gasteiger partial charge is 0.415 e. The molecule has 1 aliphatic rings. The molecular weight excluding hydrogens is 518 g/mol. The van der Waals surface area contributed by atoms with E-state index in [1.165, 1.54) is 0 Å². The molecule has 4 rings (SSSR count). The van der Waals surface area contributed by atoms with Crippen molar-refractivity contribution < 1.29 is 23.8 Å². The van der Waals surface area contributed by atoms with Crippen LogP contribution in [0.15, 0.2) is 66.9 Å². The van der Waals surface area contributed by atoms with Crippen molar-refractivity contribution >= 4 is 12.0 Å². The predicted octanol–water partition coefficient (Wildman–Crippen LogP) is 7.17. The van der Waals surface area contributed by atoms with Crippen LogP contribution in [0.1, 0.15) is 69.8 Å². The maximum Gasteiger partial charge on any atom is 0.415 e. The van der Waals surface area contributed by atoms with Crippen LogP contribution in [0.3, 0.4) is 0 Å². The Morgan fingerprint density at radius 3 is 2.07 bits per heavy atom. The van der Waals surface area contributed by atoms with Crippen molar-refractivity contribution in [1.82, 2.24) is 15.2 Å². The van der Waals surface area contributed by atoms with Gasteiger partial charge in [0.1, 0.15) is 23.4 Å². The molecule has 41 heavy (non-hydrogen) atoms. The maximum absolute atomic E-state index is 12.7. The number of amides is 2. The van der Waals surface area contributed by atoms with Gasteiger partial charge in [-0.15, -0.1) is 0 Å². The van der Waals surface area contributed by atoms with E-state index in [1.54, 1.807) is 35.4 Å². The highest BCUT2D eigenvalue weighted by molar-refractivity contribution is 5.94. The summed E-state index contributed by atoms with van der Waals surface area (Å²) in [4.78, 5) is 31.4. The fraction of sp³-hybridized carbons (Fsp3) is 0.424. The third-order valence-corrected chi connectivity index (χ3v) is 6.68. The highest BCUT2D eigenvalue weighted by Crippen LogP contribution is 2.28. The molecular formula is C33H41N3O5. The number of pyridine rings is 1. The molecule has 218 valence electrons. The molecule has 3 aromatic rings. The van der Waals surface area contributed by atoms with E-state index in [0.29, 0.717) is 48.9 Å². The minimum Gasteiger partial charge on any atom is -0.490 e. The largest absolute Gasteiger partial charge is 0.490 e. The number of aryl methyl sites for hydroxylation is 1. The van der Waals surface area contributed by atoms with E-state index in [-0.39, 0.29) is 23.0 Å². The van der Waals surface area contributed by atoms with E-state index in [4.69, 9.17) is 14.2 Å². The Labute approximate surface area is 243 Å². The normalized spacial score (nSPS) is 14.3. The minimum absolute atomic E-state index is 0.00455. The number of ether oxygens (including phenoxy) is 3. The second kappa shape index (κ2) is 12.6. The molecule has 0 aliphatic carbocycles. The summed E-state index contributed by atoms with van der Waals surface area (Å²) >= 11 is 0. The molecule has 1 N–H and O–H groups in total. The molecule has 1 saturated heterocycles. The number of rotatable bonds is 8. The van der Waals surface area contributed by atoms with Gasteiger partial charge in [0.15, 0.2) is 0 Å². The Morgan fingerprint density at radius 1 is 0.878 bits per heavy atom. The zero-order valence-corrected chi connectivity index (χ0v) is 24.9. The molecule has 2 aromatic carbocycles.